The number of anilines is 1. The van der Waals surface area contributed by atoms with Crippen molar-refractivity contribution in [1.82, 2.24) is 24.5 Å². The number of fused-ring (bicyclic) bond motifs is 1. The molecule has 0 aliphatic carbocycles. The second-order valence-corrected chi connectivity index (χ2v) is 14.1. The van der Waals surface area contributed by atoms with Gasteiger partial charge in [0.15, 0.2) is 6.10 Å². The van der Waals surface area contributed by atoms with Crippen LogP contribution in [0.3, 0.4) is 0 Å². The number of urea groups is 1. The zero-order valence-electron chi connectivity index (χ0n) is 28.0. The number of para-hydroxylation sites is 1. The van der Waals surface area contributed by atoms with Gasteiger partial charge in [-0.1, -0.05) is 41.9 Å². The fourth-order valence-electron chi connectivity index (χ4n) is 7.71. The summed E-state index contributed by atoms with van der Waals surface area (Å²) in [6.45, 7) is 10.6. The molecule has 4 aliphatic heterocycles. The third-order valence-corrected chi connectivity index (χ3v) is 11.2. The van der Waals surface area contributed by atoms with E-state index in [4.69, 9.17) is 16.3 Å². The summed E-state index contributed by atoms with van der Waals surface area (Å²) in [5.41, 5.74) is 4.80. The molecule has 0 bridgehead atoms. The van der Waals surface area contributed by atoms with Gasteiger partial charge < -0.3 is 29.7 Å². The molecule has 0 saturated carbocycles. The molecule has 11 heteroatoms. The van der Waals surface area contributed by atoms with Crippen molar-refractivity contribution in [3.05, 3.63) is 63.7 Å². The largest absolute Gasteiger partial charge is 0.436 e. The Morgan fingerprint density at radius 3 is 2.19 bits per heavy atom. The standard InChI is InChI=1S/C36H49ClN6O4/c1-25-22-27(23-26(2)33(25)37)24-32(34(44)41-20-18-40(19-21-41)29-9-13-39(3)14-10-29)47-36(46)42-15-11-30(12-16-42)43-17-8-28-6-4-5-7-31(28)38-35(43)45/h4-7,22-23,29-30,32H,8-21,24H2,1-3H3,(H,38,45). The second kappa shape index (κ2) is 14.8. The Labute approximate surface area is 283 Å². The number of hydrogen-bond donors (Lipinski definition) is 1. The molecule has 1 unspecified atom stereocenters. The lowest BCUT2D eigenvalue weighted by atomic mass is 10.0. The first-order valence-electron chi connectivity index (χ1n) is 17.2. The number of aryl methyl sites for hydroxylation is 2. The van der Waals surface area contributed by atoms with E-state index in [1.54, 1.807) is 4.90 Å². The van der Waals surface area contributed by atoms with Crippen molar-refractivity contribution in [3.63, 3.8) is 0 Å². The Morgan fingerprint density at radius 1 is 0.872 bits per heavy atom. The molecule has 1 N–H and O–H groups in total. The SMILES string of the molecule is Cc1cc(CC(OC(=O)N2CCC(N3CCc4ccccc4NC3=O)CC2)C(=O)N2CCN(C3CCN(C)CC3)CC2)cc(C)c1Cl. The Bertz CT molecular complexity index is 1420. The minimum atomic E-state index is -0.926. The van der Waals surface area contributed by atoms with Gasteiger partial charge in [0.25, 0.3) is 5.91 Å². The number of nitrogens with zero attached hydrogens (tertiary/aromatic N) is 5. The maximum atomic E-state index is 14.0. The van der Waals surface area contributed by atoms with Crippen molar-refractivity contribution >= 4 is 35.3 Å². The van der Waals surface area contributed by atoms with E-state index in [-0.39, 0.29) is 18.0 Å². The van der Waals surface area contributed by atoms with E-state index in [2.05, 4.69) is 28.2 Å². The van der Waals surface area contributed by atoms with E-state index in [0.29, 0.717) is 63.1 Å². The van der Waals surface area contributed by atoms with Crippen LogP contribution >= 0.6 is 11.6 Å². The summed E-state index contributed by atoms with van der Waals surface area (Å²) in [5, 5.41) is 3.77. The molecule has 6 rings (SSSR count). The fourth-order valence-corrected chi connectivity index (χ4v) is 7.82. The number of likely N-dealkylation sites (tertiary alicyclic amines) is 2. The Morgan fingerprint density at radius 2 is 1.51 bits per heavy atom. The number of carbonyl (C=O) groups excluding carboxylic acids is 3. The van der Waals surface area contributed by atoms with Gasteiger partial charge in [0.2, 0.25) is 0 Å². The van der Waals surface area contributed by atoms with Gasteiger partial charge in [-0.15, -0.1) is 0 Å². The minimum Gasteiger partial charge on any atom is -0.436 e. The van der Waals surface area contributed by atoms with Crippen LogP contribution in [0.2, 0.25) is 5.02 Å². The van der Waals surface area contributed by atoms with Crippen LogP contribution in [0.1, 0.15) is 47.9 Å². The van der Waals surface area contributed by atoms with Gasteiger partial charge in [-0.2, -0.15) is 0 Å². The highest BCUT2D eigenvalue weighted by molar-refractivity contribution is 6.32. The summed E-state index contributed by atoms with van der Waals surface area (Å²) in [6.07, 6.45) is 3.32. The first kappa shape index (κ1) is 33.6. The molecule has 47 heavy (non-hydrogen) atoms. The van der Waals surface area contributed by atoms with Gasteiger partial charge in [-0.25, -0.2) is 9.59 Å². The predicted octanol–water partition coefficient (Wildman–Crippen LogP) is 4.80. The van der Waals surface area contributed by atoms with Crippen LogP contribution < -0.4 is 5.32 Å². The van der Waals surface area contributed by atoms with Crippen molar-refractivity contribution in [2.45, 2.75) is 70.6 Å². The molecule has 10 nitrogen and oxygen atoms in total. The highest BCUT2D eigenvalue weighted by Crippen LogP contribution is 2.27. The molecule has 1 atom stereocenters. The lowest BCUT2D eigenvalue weighted by Gasteiger charge is -2.42. The smallest absolute Gasteiger partial charge is 0.410 e. The van der Waals surface area contributed by atoms with E-state index in [9.17, 15) is 14.4 Å². The van der Waals surface area contributed by atoms with E-state index >= 15 is 0 Å². The van der Waals surface area contributed by atoms with Crippen molar-refractivity contribution in [2.75, 3.05) is 71.3 Å². The number of hydrogen-bond acceptors (Lipinski definition) is 6. The molecular weight excluding hydrogens is 616 g/mol. The number of rotatable bonds is 6. The van der Waals surface area contributed by atoms with Crippen LogP contribution in [0.25, 0.3) is 0 Å². The Kier molecular flexibility index (Phi) is 10.6. The lowest BCUT2D eigenvalue weighted by Crippen LogP contribution is -2.56. The quantitative estimate of drug-likeness (QED) is 0.478. The van der Waals surface area contributed by atoms with Crippen molar-refractivity contribution in [2.24, 2.45) is 0 Å². The van der Waals surface area contributed by atoms with E-state index in [1.807, 2.05) is 54.0 Å². The topological polar surface area (TPSA) is 88.7 Å². The zero-order valence-corrected chi connectivity index (χ0v) is 28.8. The number of halogens is 1. The molecule has 0 spiro atoms. The monoisotopic (exact) mass is 664 g/mol. The fraction of sp³-hybridized carbons (Fsp3) is 0.583. The van der Waals surface area contributed by atoms with Gasteiger partial charge >= 0.3 is 12.1 Å². The summed E-state index contributed by atoms with van der Waals surface area (Å²) >= 11 is 6.45. The predicted molar refractivity (Wildman–Crippen MR) is 184 cm³/mol. The first-order valence-corrected chi connectivity index (χ1v) is 17.6. The highest BCUT2D eigenvalue weighted by atomic mass is 35.5. The summed E-state index contributed by atoms with van der Waals surface area (Å²) < 4.78 is 6.09. The Balaban J connectivity index is 1.08. The molecule has 254 valence electrons. The van der Waals surface area contributed by atoms with Gasteiger partial charge in [0, 0.05) is 75.0 Å². The average molecular weight is 665 g/mol. The molecule has 0 radical (unpaired) electrons. The lowest BCUT2D eigenvalue weighted by molar-refractivity contribution is -0.143. The summed E-state index contributed by atoms with van der Waals surface area (Å²) in [7, 11) is 2.17. The van der Waals surface area contributed by atoms with Crippen molar-refractivity contribution in [1.29, 1.82) is 0 Å². The number of nitrogens with one attached hydrogen (secondary N) is 1. The third-order valence-electron chi connectivity index (χ3n) is 10.6. The Hall–Kier alpha value is -3.34. The maximum absolute atomic E-state index is 14.0. The number of benzene rings is 2. The van der Waals surface area contributed by atoms with Gasteiger partial charge in [0.1, 0.15) is 0 Å². The maximum Gasteiger partial charge on any atom is 0.410 e. The number of amides is 4. The molecule has 2 aromatic carbocycles. The van der Waals surface area contributed by atoms with Crippen LogP contribution in [0.4, 0.5) is 15.3 Å². The second-order valence-electron chi connectivity index (χ2n) is 13.8. The molecule has 3 fully saturated rings. The van der Waals surface area contributed by atoms with Gasteiger partial charge in [-0.05, 0) is 94.4 Å². The molecule has 0 aromatic heterocycles. The summed E-state index contributed by atoms with van der Waals surface area (Å²) in [6, 6.07) is 12.4. The van der Waals surface area contributed by atoms with E-state index < -0.39 is 12.2 Å². The molecular formula is C36H49ClN6O4. The van der Waals surface area contributed by atoms with Crippen LogP contribution in [-0.2, 0) is 22.4 Å². The average Bonchev–Trinajstić information content (AvgIpc) is 3.25. The van der Waals surface area contributed by atoms with Crippen LogP contribution in [0.5, 0.6) is 0 Å². The summed E-state index contributed by atoms with van der Waals surface area (Å²) in [5.74, 6) is -0.137. The highest BCUT2D eigenvalue weighted by Gasteiger charge is 2.36. The van der Waals surface area contributed by atoms with Gasteiger partial charge in [0.05, 0.1) is 0 Å². The van der Waals surface area contributed by atoms with Crippen LogP contribution in [0, 0.1) is 13.8 Å². The zero-order chi connectivity index (χ0) is 33.1. The third kappa shape index (κ3) is 7.87. The number of ether oxygens (including phenoxy) is 1. The van der Waals surface area contributed by atoms with Gasteiger partial charge in [-0.3, -0.25) is 9.69 Å². The van der Waals surface area contributed by atoms with E-state index in [1.165, 1.54) is 0 Å². The number of piperazine rings is 1. The normalized spacial score (nSPS) is 21.2. The van der Waals surface area contributed by atoms with Crippen LogP contribution in [-0.4, -0.2) is 127 Å². The van der Waals surface area contributed by atoms with Crippen LogP contribution in [0.15, 0.2) is 36.4 Å². The molecule has 4 aliphatic rings. The first-order chi connectivity index (χ1) is 22.7. The van der Waals surface area contributed by atoms with E-state index in [0.717, 1.165) is 73.4 Å². The molecule has 4 heterocycles. The number of piperidine rings is 2. The molecule has 2 aromatic rings. The summed E-state index contributed by atoms with van der Waals surface area (Å²) in [4.78, 5) is 51.1. The number of carbonyl (C=O) groups is 3. The minimum absolute atomic E-state index is 0.0340. The molecule has 4 amide bonds. The van der Waals surface area contributed by atoms with Crippen molar-refractivity contribution < 1.29 is 19.1 Å². The molecule has 3 saturated heterocycles. The van der Waals surface area contributed by atoms with Crippen molar-refractivity contribution in [3.8, 4) is 0 Å².